The zero-order valence-electron chi connectivity index (χ0n) is 14.9. The van der Waals surface area contributed by atoms with Crippen molar-refractivity contribution in [2.45, 2.75) is 57.1 Å². The average molecular weight is 393 g/mol. The number of nitrogens with zero attached hydrogens (tertiary/aromatic N) is 6. The number of benzene rings is 1. The lowest BCUT2D eigenvalue weighted by Gasteiger charge is -2.12. The third kappa shape index (κ3) is 4.07. The Kier molecular flexibility index (Phi) is 6.26. The fourth-order valence-electron chi connectivity index (χ4n) is 2.64. The molecular formula is C17H21ClN6OS. The van der Waals surface area contributed by atoms with Crippen LogP contribution in [0.25, 0.3) is 10.9 Å². The van der Waals surface area contributed by atoms with Crippen molar-refractivity contribution in [1.82, 2.24) is 29.8 Å². The molecule has 2 aromatic heterocycles. The van der Waals surface area contributed by atoms with E-state index in [4.69, 9.17) is 11.6 Å². The van der Waals surface area contributed by atoms with E-state index in [-0.39, 0.29) is 5.56 Å². The predicted molar refractivity (Wildman–Crippen MR) is 104 cm³/mol. The third-order valence-electron chi connectivity index (χ3n) is 3.99. The van der Waals surface area contributed by atoms with Crippen molar-refractivity contribution >= 4 is 34.3 Å². The molecule has 1 aromatic carbocycles. The summed E-state index contributed by atoms with van der Waals surface area (Å²) in [6, 6.07) is 5.18. The molecule has 0 aliphatic heterocycles. The van der Waals surface area contributed by atoms with Gasteiger partial charge in [-0.25, -0.2) is 9.67 Å². The standard InChI is InChI=1S/C17H21ClN6OS/c1-3-5-9-24-15(20-21-22-24)11-26-17-19-14-10-12(18)6-7-13(14)16(25)23(17)8-4-2/h6-7,10H,3-5,8-9,11H2,1-2H3. The fourth-order valence-corrected chi connectivity index (χ4v) is 3.77. The first-order chi connectivity index (χ1) is 12.6. The van der Waals surface area contributed by atoms with Crippen LogP contribution in [-0.2, 0) is 18.8 Å². The molecule has 9 heteroatoms. The molecule has 0 unspecified atom stereocenters. The Morgan fingerprint density at radius 1 is 1.19 bits per heavy atom. The minimum Gasteiger partial charge on any atom is -0.287 e. The van der Waals surface area contributed by atoms with Crippen molar-refractivity contribution in [3.05, 3.63) is 39.4 Å². The van der Waals surface area contributed by atoms with Crippen molar-refractivity contribution in [3.63, 3.8) is 0 Å². The summed E-state index contributed by atoms with van der Waals surface area (Å²) in [7, 11) is 0. The summed E-state index contributed by atoms with van der Waals surface area (Å²) in [5.74, 6) is 1.34. The minimum atomic E-state index is -0.0402. The summed E-state index contributed by atoms with van der Waals surface area (Å²) in [4.78, 5) is 17.5. The van der Waals surface area contributed by atoms with E-state index in [1.807, 2.05) is 11.6 Å². The van der Waals surface area contributed by atoms with E-state index in [1.54, 1.807) is 22.8 Å². The number of halogens is 1. The van der Waals surface area contributed by atoms with Crippen molar-refractivity contribution < 1.29 is 0 Å². The van der Waals surface area contributed by atoms with Gasteiger partial charge in [0.05, 0.1) is 16.7 Å². The van der Waals surface area contributed by atoms with Crippen LogP contribution >= 0.6 is 23.4 Å². The highest BCUT2D eigenvalue weighted by molar-refractivity contribution is 7.98. The number of aromatic nitrogens is 6. The summed E-state index contributed by atoms with van der Waals surface area (Å²) in [6.07, 6.45) is 2.95. The average Bonchev–Trinajstić information content (AvgIpc) is 3.08. The maximum atomic E-state index is 12.8. The maximum absolute atomic E-state index is 12.8. The number of thioether (sulfide) groups is 1. The van der Waals surface area contributed by atoms with Crippen molar-refractivity contribution in [2.75, 3.05) is 0 Å². The van der Waals surface area contributed by atoms with E-state index >= 15 is 0 Å². The van der Waals surface area contributed by atoms with E-state index in [2.05, 4.69) is 27.4 Å². The molecule has 0 amide bonds. The van der Waals surface area contributed by atoms with Crippen LogP contribution in [0.3, 0.4) is 0 Å². The summed E-state index contributed by atoms with van der Waals surface area (Å²) in [5.41, 5.74) is 0.574. The molecule has 2 heterocycles. The smallest absolute Gasteiger partial charge is 0.262 e. The number of hydrogen-bond acceptors (Lipinski definition) is 6. The van der Waals surface area contributed by atoms with E-state index in [0.717, 1.165) is 31.6 Å². The number of fused-ring (bicyclic) bond motifs is 1. The van der Waals surface area contributed by atoms with Gasteiger partial charge in [-0.15, -0.1) is 5.10 Å². The Morgan fingerprint density at radius 2 is 2.04 bits per heavy atom. The number of unbranched alkanes of at least 4 members (excludes halogenated alkanes) is 1. The van der Waals surface area contributed by atoms with Gasteiger partial charge in [0.1, 0.15) is 0 Å². The Hall–Kier alpha value is -1.93. The molecule has 0 aliphatic carbocycles. The van der Waals surface area contributed by atoms with Crippen molar-refractivity contribution in [1.29, 1.82) is 0 Å². The predicted octanol–water partition coefficient (Wildman–Crippen LogP) is 3.54. The first-order valence-corrected chi connectivity index (χ1v) is 10.1. The van der Waals surface area contributed by atoms with Crippen molar-refractivity contribution in [2.24, 2.45) is 0 Å². The van der Waals surface area contributed by atoms with Crippen LogP contribution in [0, 0.1) is 0 Å². The molecular weight excluding hydrogens is 372 g/mol. The lowest BCUT2D eigenvalue weighted by molar-refractivity contribution is 0.540. The van der Waals surface area contributed by atoms with Gasteiger partial charge in [0.15, 0.2) is 11.0 Å². The topological polar surface area (TPSA) is 78.5 Å². The van der Waals surface area contributed by atoms with Crippen LogP contribution in [0.15, 0.2) is 28.2 Å². The minimum absolute atomic E-state index is 0.0402. The summed E-state index contributed by atoms with van der Waals surface area (Å²) >= 11 is 7.54. The molecule has 0 spiro atoms. The maximum Gasteiger partial charge on any atom is 0.262 e. The molecule has 0 atom stereocenters. The Morgan fingerprint density at radius 3 is 2.81 bits per heavy atom. The molecule has 138 valence electrons. The Balaban J connectivity index is 1.92. The van der Waals surface area contributed by atoms with Gasteiger partial charge in [-0.1, -0.05) is 43.6 Å². The van der Waals surface area contributed by atoms with Crippen LogP contribution in [-0.4, -0.2) is 29.8 Å². The van der Waals surface area contributed by atoms with Gasteiger partial charge in [0.25, 0.3) is 5.56 Å². The van der Waals surface area contributed by atoms with Gasteiger partial charge in [-0.05, 0) is 41.5 Å². The first-order valence-electron chi connectivity index (χ1n) is 8.72. The molecule has 7 nitrogen and oxygen atoms in total. The summed E-state index contributed by atoms with van der Waals surface area (Å²) < 4.78 is 3.54. The zero-order valence-corrected chi connectivity index (χ0v) is 16.4. The van der Waals surface area contributed by atoms with E-state index < -0.39 is 0 Å². The Bertz CT molecular complexity index is 954. The van der Waals surface area contributed by atoms with Gasteiger partial charge in [0, 0.05) is 18.1 Å². The highest BCUT2D eigenvalue weighted by atomic mass is 35.5. The first kappa shape index (κ1) is 18.8. The fraction of sp³-hybridized carbons (Fsp3) is 0.471. The largest absolute Gasteiger partial charge is 0.287 e. The summed E-state index contributed by atoms with van der Waals surface area (Å²) in [6.45, 7) is 5.58. The van der Waals surface area contributed by atoms with Crippen molar-refractivity contribution in [3.8, 4) is 0 Å². The second-order valence-corrected chi connectivity index (χ2v) is 7.35. The lowest BCUT2D eigenvalue weighted by Crippen LogP contribution is -2.23. The highest BCUT2D eigenvalue weighted by Crippen LogP contribution is 2.23. The van der Waals surface area contributed by atoms with Gasteiger partial charge < -0.3 is 0 Å². The number of rotatable bonds is 8. The van der Waals surface area contributed by atoms with Gasteiger partial charge in [-0.2, -0.15) is 0 Å². The molecule has 3 aromatic rings. The van der Waals surface area contributed by atoms with E-state index in [1.165, 1.54) is 11.8 Å². The van der Waals surface area contributed by atoms with Gasteiger partial charge in [-0.3, -0.25) is 9.36 Å². The second-order valence-electron chi connectivity index (χ2n) is 5.97. The summed E-state index contributed by atoms with van der Waals surface area (Å²) in [5, 5.41) is 13.7. The quantitative estimate of drug-likeness (QED) is 0.431. The third-order valence-corrected chi connectivity index (χ3v) is 5.20. The number of tetrazole rings is 1. The van der Waals surface area contributed by atoms with E-state index in [9.17, 15) is 4.79 Å². The molecule has 26 heavy (non-hydrogen) atoms. The second kappa shape index (κ2) is 8.64. The zero-order chi connectivity index (χ0) is 18.5. The molecule has 0 saturated carbocycles. The van der Waals surface area contributed by atoms with Crippen LogP contribution < -0.4 is 5.56 Å². The molecule has 0 saturated heterocycles. The normalized spacial score (nSPS) is 11.3. The molecule has 0 bridgehead atoms. The SMILES string of the molecule is CCCCn1nnnc1CSc1nc2cc(Cl)ccc2c(=O)n1CCC. The van der Waals surface area contributed by atoms with Crippen LogP contribution in [0.4, 0.5) is 0 Å². The molecule has 0 N–H and O–H groups in total. The van der Waals surface area contributed by atoms with Crippen LogP contribution in [0.1, 0.15) is 38.9 Å². The van der Waals surface area contributed by atoms with E-state index in [0.29, 0.717) is 33.4 Å². The number of hydrogen-bond donors (Lipinski definition) is 0. The highest BCUT2D eigenvalue weighted by Gasteiger charge is 2.14. The lowest BCUT2D eigenvalue weighted by atomic mass is 10.2. The molecule has 0 aliphatic rings. The van der Waals surface area contributed by atoms with Gasteiger partial charge >= 0.3 is 0 Å². The number of aryl methyl sites for hydroxylation is 1. The molecule has 0 radical (unpaired) electrons. The van der Waals surface area contributed by atoms with Crippen LogP contribution in [0.2, 0.25) is 5.02 Å². The monoisotopic (exact) mass is 392 g/mol. The molecule has 0 fully saturated rings. The van der Waals surface area contributed by atoms with Gasteiger partial charge in [0.2, 0.25) is 0 Å². The molecule has 3 rings (SSSR count). The Labute approximate surface area is 160 Å². The van der Waals surface area contributed by atoms with Crippen LogP contribution in [0.5, 0.6) is 0 Å².